The summed E-state index contributed by atoms with van der Waals surface area (Å²) >= 11 is 0. The Morgan fingerprint density at radius 3 is 0.792 bits per heavy atom. The molecule has 2 N–H and O–H groups in total. The minimum atomic E-state index is -0.368. The highest BCUT2D eigenvalue weighted by Gasteiger charge is 1.94. The first-order valence-corrected chi connectivity index (χ1v) is 6.92. The predicted octanol–water partition coefficient (Wildman–Crippen LogP) is -0.804. The molecule has 0 aromatic rings. The maximum atomic E-state index is 10.1. The lowest BCUT2D eigenvalue weighted by Crippen LogP contribution is -2.09. The van der Waals surface area contributed by atoms with E-state index in [0.717, 1.165) is 0 Å². The van der Waals surface area contributed by atoms with E-state index in [4.69, 9.17) is 10.2 Å². The summed E-state index contributed by atoms with van der Waals surface area (Å²) in [6.07, 6.45) is 0. The van der Waals surface area contributed by atoms with Crippen molar-refractivity contribution in [2.45, 2.75) is 27.7 Å². The number of aliphatic hydroxyl groups is 2. The van der Waals surface area contributed by atoms with Crippen LogP contribution in [0.2, 0.25) is 0 Å². The first-order chi connectivity index (χ1) is 11.2. The summed E-state index contributed by atoms with van der Waals surface area (Å²) in [4.78, 5) is 40.5. The molecular weight excluding hydrogens is 328 g/mol. The van der Waals surface area contributed by atoms with Crippen molar-refractivity contribution < 1.29 is 48.3 Å². The quantitative estimate of drug-likeness (QED) is 0.338. The molecule has 0 aromatic heterocycles. The molecule has 0 unspecified atom stereocenters. The third-order valence-electron chi connectivity index (χ3n) is 1.49. The molecule has 10 heteroatoms. The predicted molar refractivity (Wildman–Crippen MR) is 80.7 cm³/mol. The number of rotatable bonds is 7. The molecule has 0 amide bonds. The van der Waals surface area contributed by atoms with Crippen LogP contribution >= 0.6 is 0 Å². The Bertz CT molecular complexity index is 287. The lowest BCUT2D eigenvalue weighted by Gasteiger charge is -2.00. The van der Waals surface area contributed by atoms with Gasteiger partial charge in [0.15, 0.2) is 0 Å². The van der Waals surface area contributed by atoms with E-state index in [9.17, 15) is 19.2 Å². The highest BCUT2D eigenvalue weighted by molar-refractivity contribution is 5.67. The average molecular weight is 354 g/mol. The molecule has 0 saturated carbocycles. The Labute approximate surface area is 140 Å². The van der Waals surface area contributed by atoms with Crippen LogP contribution in [0.15, 0.2) is 0 Å². The van der Waals surface area contributed by atoms with E-state index in [-0.39, 0.29) is 63.5 Å². The Kier molecular flexibility index (Phi) is 23.1. The average Bonchev–Trinajstić information content (AvgIpc) is 2.48. The Balaban J connectivity index is -0.000000301. The van der Waals surface area contributed by atoms with Crippen LogP contribution in [0.3, 0.4) is 0 Å². The van der Waals surface area contributed by atoms with Gasteiger partial charge in [-0.15, -0.1) is 0 Å². The summed E-state index contributed by atoms with van der Waals surface area (Å²) in [5.74, 6) is -1.47. The Morgan fingerprint density at radius 2 is 0.708 bits per heavy atom. The van der Waals surface area contributed by atoms with Crippen LogP contribution in [-0.2, 0) is 38.1 Å². The molecule has 142 valence electrons. The number of hydrogen-bond donors (Lipinski definition) is 2. The number of hydrogen-bond acceptors (Lipinski definition) is 10. The fourth-order valence-electron chi connectivity index (χ4n) is 0.742. The number of esters is 4. The lowest BCUT2D eigenvalue weighted by molar-refractivity contribution is -0.149. The summed E-state index contributed by atoms with van der Waals surface area (Å²) in [5, 5.41) is 15.2. The molecule has 10 nitrogen and oxygen atoms in total. The van der Waals surface area contributed by atoms with Crippen LogP contribution in [0.5, 0.6) is 0 Å². The smallest absolute Gasteiger partial charge is 0.302 e. The van der Waals surface area contributed by atoms with Gasteiger partial charge in [-0.3, -0.25) is 19.2 Å². The first-order valence-electron chi connectivity index (χ1n) is 6.92. The zero-order valence-corrected chi connectivity index (χ0v) is 14.4. The second-order valence-electron chi connectivity index (χ2n) is 3.81. The molecular formula is C14H26O10. The summed E-state index contributed by atoms with van der Waals surface area (Å²) in [7, 11) is 0. The fourth-order valence-corrected chi connectivity index (χ4v) is 0.742. The minimum absolute atomic E-state index is 0.125. The second-order valence-corrected chi connectivity index (χ2v) is 3.81. The van der Waals surface area contributed by atoms with Crippen molar-refractivity contribution in [3.05, 3.63) is 0 Å². The van der Waals surface area contributed by atoms with Gasteiger partial charge in [-0.1, -0.05) is 0 Å². The minimum Gasteiger partial charge on any atom is -0.462 e. The van der Waals surface area contributed by atoms with Crippen LogP contribution in [0.25, 0.3) is 0 Å². The summed E-state index contributed by atoms with van der Waals surface area (Å²) in [5.41, 5.74) is 0. The van der Waals surface area contributed by atoms with Gasteiger partial charge in [-0.2, -0.15) is 0 Å². The highest BCUT2D eigenvalue weighted by atomic mass is 16.6. The number of ether oxygens (including phenoxy) is 4. The van der Waals surface area contributed by atoms with E-state index >= 15 is 0 Å². The maximum Gasteiger partial charge on any atom is 0.302 e. The van der Waals surface area contributed by atoms with E-state index in [2.05, 4.69) is 18.9 Å². The molecule has 0 rings (SSSR count). The molecule has 24 heavy (non-hydrogen) atoms. The van der Waals surface area contributed by atoms with Crippen molar-refractivity contribution in [3.63, 3.8) is 0 Å². The van der Waals surface area contributed by atoms with Gasteiger partial charge in [-0.25, -0.2) is 0 Å². The molecule has 0 spiro atoms. The van der Waals surface area contributed by atoms with Gasteiger partial charge in [0.25, 0.3) is 0 Å². The maximum absolute atomic E-state index is 10.1. The van der Waals surface area contributed by atoms with Gasteiger partial charge >= 0.3 is 23.9 Å². The van der Waals surface area contributed by atoms with Crippen LogP contribution in [0.4, 0.5) is 0 Å². The number of carbonyl (C=O) groups excluding carboxylic acids is 4. The van der Waals surface area contributed by atoms with Crippen LogP contribution in [0, 0.1) is 0 Å². The second kappa shape index (κ2) is 20.8. The van der Waals surface area contributed by atoms with Gasteiger partial charge in [0.1, 0.15) is 26.4 Å². The van der Waals surface area contributed by atoms with Gasteiger partial charge in [0.2, 0.25) is 0 Å². The first kappa shape index (κ1) is 26.7. The van der Waals surface area contributed by atoms with E-state index in [1.807, 2.05) is 0 Å². The molecule has 0 aliphatic carbocycles. The molecule has 0 saturated heterocycles. The monoisotopic (exact) mass is 354 g/mol. The van der Waals surface area contributed by atoms with Crippen molar-refractivity contribution in [3.8, 4) is 0 Å². The normalized spacial score (nSPS) is 8.42. The zero-order chi connectivity index (χ0) is 19.4. The van der Waals surface area contributed by atoms with Gasteiger partial charge in [0, 0.05) is 27.7 Å². The summed E-state index contributed by atoms with van der Waals surface area (Å²) in [6.45, 7) is 5.48. The zero-order valence-electron chi connectivity index (χ0n) is 14.4. The largest absolute Gasteiger partial charge is 0.462 e. The van der Waals surface area contributed by atoms with Crippen LogP contribution in [0.1, 0.15) is 27.7 Å². The Morgan fingerprint density at radius 1 is 0.542 bits per heavy atom. The van der Waals surface area contributed by atoms with Gasteiger partial charge in [-0.05, 0) is 0 Å². The van der Waals surface area contributed by atoms with E-state index in [1.54, 1.807) is 0 Å². The van der Waals surface area contributed by atoms with E-state index in [1.165, 1.54) is 27.7 Å². The number of carbonyl (C=O) groups is 4. The fraction of sp³-hybridized carbons (Fsp3) is 0.714. The van der Waals surface area contributed by atoms with Gasteiger partial charge in [0.05, 0.1) is 13.2 Å². The van der Waals surface area contributed by atoms with Crippen molar-refractivity contribution >= 4 is 23.9 Å². The van der Waals surface area contributed by atoms with Crippen molar-refractivity contribution in [2.24, 2.45) is 0 Å². The van der Waals surface area contributed by atoms with Crippen LogP contribution in [-0.4, -0.2) is 73.7 Å². The lowest BCUT2D eigenvalue weighted by atomic mass is 10.7. The highest BCUT2D eigenvalue weighted by Crippen LogP contribution is 1.80. The topological polar surface area (TPSA) is 146 Å². The third-order valence-corrected chi connectivity index (χ3v) is 1.49. The third kappa shape index (κ3) is 42.7. The molecule has 0 aromatic carbocycles. The number of aliphatic hydroxyl groups excluding tert-OH is 2. The Hall–Kier alpha value is -2.20. The van der Waals surface area contributed by atoms with Crippen LogP contribution < -0.4 is 0 Å². The van der Waals surface area contributed by atoms with Crippen molar-refractivity contribution in [2.75, 3.05) is 39.6 Å². The molecule has 0 fully saturated rings. The molecule has 0 atom stereocenters. The van der Waals surface area contributed by atoms with Gasteiger partial charge < -0.3 is 29.2 Å². The van der Waals surface area contributed by atoms with E-state index < -0.39 is 0 Å². The molecule has 0 bridgehead atoms. The standard InChI is InChI=1S/2C6H10O4.C2H6O2/c2*1-5(7)9-3-4-10-6(2)8;3-1-2-4/h2*3-4H2,1-2H3;3-4H,1-2H2. The SMILES string of the molecule is CC(=O)OCCOC(C)=O.CC(=O)OCCOC(C)=O.OCCO. The van der Waals surface area contributed by atoms with Crippen molar-refractivity contribution in [1.29, 1.82) is 0 Å². The molecule has 0 aliphatic heterocycles. The van der Waals surface area contributed by atoms with E-state index in [0.29, 0.717) is 0 Å². The molecule has 0 heterocycles. The molecule has 0 aliphatic rings. The summed E-state index contributed by atoms with van der Waals surface area (Å²) in [6, 6.07) is 0. The van der Waals surface area contributed by atoms with Crippen molar-refractivity contribution in [1.82, 2.24) is 0 Å². The summed E-state index contributed by atoms with van der Waals surface area (Å²) < 4.78 is 17.9. The molecule has 0 radical (unpaired) electrons.